The zero-order valence-electron chi connectivity index (χ0n) is 15.4. The summed E-state index contributed by atoms with van der Waals surface area (Å²) in [7, 11) is 4.58. The summed E-state index contributed by atoms with van der Waals surface area (Å²) in [5.41, 5.74) is 2.77. The molecule has 134 valence electrons. The number of aryl methyl sites for hydroxylation is 1. The Kier molecular flexibility index (Phi) is 6.28. The van der Waals surface area contributed by atoms with Gasteiger partial charge in [0.05, 0.1) is 27.4 Å². The highest BCUT2D eigenvalue weighted by Crippen LogP contribution is 2.38. The van der Waals surface area contributed by atoms with Gasteiger partial charge in [0.15, 0.2) is 11.5 Å². The first-order valence-corrected chi connectivity index (χ1v) is 8.23. The highest BCUT2D eigenvalue weighted by atomic mass is 16.5. The molecule has 0 aromatic heterocycles. The Balaban J connectivity index is 2.21. The molecule has 0 heterocycles. The van der Waals surface area contributed by atoms with E-state index < -0.39 is 0 Å². The molecule has 25 heavy (non-hydrogen) atoms. The van der Waals surface area contributed by atoms with Gasteiger partial charge in [-0.1, -0.05) is 31.2 Å². The van der Waals surface area contributed by atoms with Gasteiger partial charge in [-0.3, -0.25) is 4.79 Å². The highest BCUT2D eigenvalue weighted by Gasteiger charge is 2.18. The molecule has 2 rings (SSSR count). The second-order valence-electron chi connectivity index (χ2n) is 5.70. The van der Waals surface area contributed by atoms with Crippen molar-refractivity contribution in [1.82, 2.24) is 5.32 Å². The maximum absolute atomic E-state index is 12.6. The molecular weight excluding hydrogens is 318 g/mol. The van der Waals surface area contributed by atoms with E-state index in [1.165, 1.54) is 26.9 Å². The zero-order chi connectivity index (χ0) is 18.4. The molecule has 1 N–H and O–H groups in total. The van der Waals surface area contributed by atoms with E-state index in [2.05, 4.69) is 24.4 Å². The molecule has 5 heteroatoms. The van der Waals surface area contributed by atoms with Crippen LogP contribution in [-0.4, -0.2) is 27.2 Å². The number of hydrogen-bond acceptors (Lipinski definition) is 4. The third kappa shape index (κ3) is 4.24. The number of rotatable bonds is 7. The summed E-state index contributed by atoms with van der Waals surface area (Å²) in [6.45, 7) is 4.07. The van der Waals surface area contributed by atoms with Gasteiger partial charge in [-0.25, -0.2) is 0 Å². The van der Waals surface area contributed by atoms with Crippen molar-refractivity contribution in [2.24, 2.45) is 0 Å². The van der Waals surface area contributed by atoms with E-state index in [4.69, 9.17) is 14.2 Å². The van der Waals surface area contributed by atoms with Crippen LogP contribution in [0.3, 0.4) is 0 Å². The number of carbonyl (C=O) groups excluding carboxylic acids is 1. The van der Waals surface area contributed by atoms with Gasteiger partial charge >= 0.3 is 0 Å². The Morgan fingerprint density at radius 3 is 2.00 bits per heavy atom. The highest BCUT2D eigenvalue weighted by molar-refractivity contribution is 5.95. The van der Waals surface area contributed by atoms with Crippen molar-refractivity contribution in [2.75, 3.05) is 21.3 Å². The zero-order valence-corrected chi connectivity index (χ0v) is 15.4. The molecule has 1 amide bonds. The third-order valence-corrected chi connectivity index (χ3v) is 4.16. The van der Waals surface area contributed by atoms with E-state index >= 15 is 0 Å². The fourth-order valence-corrected chi connectivity index (χ4v) is 2.62. The van der Waals surface area contributed by atoms with Crippen molar-refractivity contribution in [3.63, 3.8) is 0 Å². The van der Waals surface area contributed by atoms with Crippen LogP contribution in [0.5, 0.6) is 17.2 Å². The molecule has 0 spiro atoms. The average molecular weight is 343 g/mol. The second-order valence-corrected chi connectivity index (χ2v) is 5.70. The predicted molar refractivity (Wildman–Crippen MR) is 97.8 cm³/mol. The number of methoxy groups -OCH3 is 3. The standard InChI is InChI=1S/C20H25NO4/c1-6-14-7-9-15(10-8-14)13(2)21-20(22)16-11-17(23-3)19(25-5)18(12-16)24-4/h7-13H,6H2,1-5H3,(H,21,22)/t13-/m1/s1. The summed E-state index contributed by atoms with van der Waals surface area (Å²) in [6.07, 6.45) is 0.993. The Bertz CT molecular complexity index is 700. The van der Waals surface area contributed by atoms with Crippen molar-refractivity contribution >= 4 is 5.91 Å². The minimum absolute atomic E-state index is 0.113. The molecule has 0 unspecified atom stereocenters. The van der Waals surface area contributed by atoms with Crippen LogP contribution in [0.25, 0.3) is 0 Å². The molecule has 0 bridgehead atoms. The summed E-state index contributed by atoms with van der Waals surface area (Å²) in [6, 6.07) is 11.4. The Hall–Kier alpha value is -2.69. The lowest BCUT2D eigenvalue weighted by atomic mass is 10.0. The lowest BCUT2D eigenvalue weighted by Gasteiger charge is -2.17. The lowest BCUT2D eigenvalue weighted by Crippen LogP contribution is -2.26. The van der Waals surface area contributed by atoms with E-state index in [0.717, 1.165) is 12.0 Å². The number of nitrogens with one attached hydrogen (secondary N) is 1. The van der Waals surface area contributed by atoms with E-state index in [1.54, 1.807) is 12.1 Å². The van der Waals surface area contributed by atoms with Gasteiger partial charge in [0.1, 0.15) is 0 Å². The first-order chi connectivity index (χ1) is 12.0. The quantitative estimate of drug-likeness (QED) is 0.831. The van der Waals surface area contributed by atoms with Gasteiger partial charge < -0.3 is 19.5 Å². The molecular formula is C20H25NO4. The second kappa shape index (κ2) is 8.42. The monoisotopic (exact) mass is 343 g/mol. The summed E-state index contributed by atoms with van der Waals surface area (Å²) in [5.74, 6) is 1.16. The van der Waals surface area contributed by atoms with Crippen LogP contribution < -0.4 is 19.5 Å². The number of amides is 1. The molecule has 0 aliphatic rings. The summed E-state index contributed by atoms with van der Waals surface area (Å²) >= 11 is 0. The Morgan fingerprint density at radius 1 is 1.00 bits per heavy atom. The lowest BCUT2D eigenvalue weighted by molar-refractivity contribution is 0.0939. The van der Waals surface area contributed by atoms with E-state index in [1.807, 2.05) is 19.1 Å². The number of carbonyl (C=O) groups is 1. The molecule has 0 saturated heterocycles. The fourth-order valence-electron chi connectivity index (χ4n) is 2.62. The van der Waals surface area contributed by atoms with Crippen LogP contribution in [-0.2, 0) is 6.42 Å². The van der Waals surface area contributed by atoms with E-state index in [0.29, 0.717) is 22.8 Å². The number of hydrogen-bond donors (Lipinski definition) is 1. The molecule has 0 saturated carbocycles. The van der Waals surface area contributed by atoms with Crippen LogP contribution in [0.1, 0.15) is 41.4 Å². The van der Waals surface area contributed by atoms with Gasteiger partial charge in [-0.2, -0.15) is 0 Å². The summed E-state index contributed by atoms with van der Waals surface area (Å²) in [4.78, 5) is 12.6. The van der Waals surface area contributed by atoms with Crippen LogP contribution >= 0.6 is 0 Å². The predicted octanol–water partition coefficient (Wildman–Crippen LogP) is 3.77. The van der Waals surface area contributed by atoms with Gasteiger partial charge in [-0.15, -0.1) is 0 Å². The van der Waals surface area contributed by atoms with Crippen molar-refractivity contribution in [3.8, 4) is 17.2 Å². The Morgan fingerprint density at radius 2 is 1.56 bits per heavy atom. The number of benzene rings is 2. The first kappa shape index (κ1) is 18.6. The summed E-state index contributed by atoms with van der Waals surface area (Å²) < 4.78 is 15.9. The fraction of sp³-hybridized carbons (Fsp3) is 0.350. The van der Waals surface area contributed by atoms with E-state index in [-0.39, 0.29) is 11.9 Å². The van der Waals surface area contributed by atoms with Gasteiger partial charge in [0.2, 0.25) is 5.75 Å². The third-order valence-electron chi connectivity index (χ3n) is 4.16. The van der Waals surface area contributed by atoms with Crippen molar-refractivity contribution in [2.45, 2.75) is 26.3 Å². The molecule has 0 radical (unpaired) electrons. The minimum atomic E-state index is -0.202. The molecule has 2 aromatic rings. The Labute approximate surface area is 148 Å². The van der Waals surface area contributed by atoms with Crippen LogP contribution in [0.2, 0.25) is 0 Å². The molecule has 0 fully saturated rings. The molecule has 1 atom stereocenters. The van der Waals surface area contributed by atoms with Gasteiger partial charge in [0.25, 0.3) is 5.91 Å². The smallest absolute Gasteiger partial charge is 0.252 e. The van der Waals surface area contributed by atoms with Gasteiger partial charge in [-0.05, 0) is 36.6 Å². The van der Waals surface area contributed by atoms with Crippen molar-refractivity contribution in [3.05, 3.63) is 53.1 Å². The van der Waals surface area contributed by atoms with Gasteiger partial charge in [0, 0.05) is 5.56 Å². The summed E-state index contributed by atoms with van der Waals surface area (Å²) in [5, 5.41) is 3.00. The largest absolute Gasteiger partial charge is 0.493 e. The normalized spacial score (nSPS) is 11.6. The van der Waals surface area contributed by atoms with E-state index in [9.17, 15) is 4.79 Å². The maximum Gasteiger partial charge on any atom is 0.252 e. The SMILES string of the molecule is CCc1ccc([C@@H](C)NC(=O)c2cc(OC)c(OC)c(OC)c2)cc1. The maximum atomic E-state index is 12.6. The molecule has 0 aliphatic carbocycles. The van der Waals surface area contributed by atoms with Crippen LogP contribution in [0, 0.1) is 0 Å². The van der Waals surface area contributed by atoms with Crippen LogP contribution in [0.15, 0.2) is 36.4 Å². The molecule has 5 nitrogen and oxygen atoms in total. The molecule has 0 aliphatic heterocycles. The first-order valence-electron chi connectivity index (χ1n) is 8.23. The minimum Gasteiger partial charge on any atom is -0.493 e. The number of ether oxygens (including phenoxy) is 3. The van der Waals surface area contributed by atoms with Crippen molar-refractivity contribution in [1.29, 1.82) is 0 Å². The average Bonchev–Trinajstić information content (AvgIpc) is 2.66. The van der Waals surface area contributed by atoms with Crippen LogP contribution in [0.4, 0.5) is 0 Å². The molecule has 2 aromatic carbocycles. The topological polar surface area (TPSA) is 56.8 Å². The van der Waals surface area contributed by atoms with Crippen molar-refractivity contribution < 1.29 is 19.0 Å².